The third kappa shape index (κ3) is 5.22. The lowest BCUT2D eigenvalue weighted by Gasteiger charge is -2.06. The lowest BCUT2D eigenvalue weighted by atomic mass is 10.1. The third-order valence-corrected chi connectivity index (χ3v) is 6.20. The first-order chi connectivity index (χ1) is 17.1. The summed E-state index contributed by atoms with van der Waals surface area (Å²) in [6, 6.07) is 11.9. The molecule has 0 aliphatic carbocycles. The van der Waals surface area contributed by atoms with Crippen LogP contribution in [0.5, 0.6) is 0 Å². The highest BCUT2D eigenvalue weighted by molar-refractivity contribution is 6.00. The number of esters is 1. The second kappa shape index (κ2) is 10.2. The first-order valence-corrected chi connectivity index (χ1v) is 11.7. The van der Waals surface area contributed by atoms with Gasteiger partial charge in [-0.25, -0.2) is 4.79 Å². The van der Waals surface area contributed by atoms with Crippen LogP contribution >= 0.6 is 0 Å². The van der Waals surface area contributed by atoms with Gasteiger partial charge in [-0.2, -0.15) is 5.10 Å². The summed E-state index contributed by atoms with van der Waals surface area (Å²) < 4.78 is 14.2. The minimum atomic E-state index is -0.589. The highest BCUT2D eigenvalue weighted by Gasteiger charge is 2.19. The number of carbonyl (C=O) groups is 2. The van der Waals surface area contributed by atoms with Crippen LogP contribution in [0.1, 0.15) is 55.6 Å². The molecule has 0 saturated heterocycles. The summed E-state index contributed by atoms with van der Waals surface area (Å²) in [5.74, 6) is 0.413. The molecule has 3 heterocycles. The summed E-state index contributed by atoms with van der Waals surface area (Å²) in [4.78, 5) is 25.2. The zero-order valence-corrected chi connectivity index (χ0v) is 21.5. The van der Waals surface area contributed by atoms with Crippen LogP contribution in [0, 0.1) is 41.5 Å². The van der Waals surface area contributed by atoms with E-state index in [2.05, 4.69) is 41.4 Å². The van der Waals surface area contributed by atoms with Crippen molar-refractivity contribution in [3.8, 4) is 5.82 Å². The van der Waals surface area contributed by atoms with Crippen molar-refractivity contribution in [3.05, 3.63) is 93.3 Å². The van der Waals surface area contributed by atoms with E-state index in [0.29, 0.717) is 29.4 Å². The van der Waals surface area contributed by atoms with Gasteiger partial charge in [-0.15, -0.1) is 0 Å². The quantitative estimate of drug-likeness (QED) is 0.198. The summed E-state index contributed by atoms with van der Waals surface area (Å²) >= 11 is 0. The van der Waals surface area contributed by atoms with Crippen LogP contribution in [0.15, 0.2) is 47.0 Å². The Hall–Kier alpha value is -4.20. The van der Waals surface area contributed by atoms with E-state index in [-0.39, 0.29) is 12.4 Å². The van der Waals surface area contributed by atoms with Gasteiger partial charge in [-0.3, -0.25) is 14.0 Å². The predicted octanol–water partition coefficient (Wildman–Crippen LogP) is 5.00. The van der Waals surface area contributed by atoms with Gasteiger partial charge >= 0.3 is 5.97 Å². The van der Waals surface area contributed by atoms with E-state index >= 15 is 0 Å². The fraction of sp³-hybridized carbons (Fsp3) is 0.286. The fourth-order valence-corrected chi connectivity index (χ4v) is 4.24. The molecule has 0 fully saturated rings. The van der Waals surface area contributed by atoms with Crippen LogP contribution in [0.3, 0.4) is 0 Å². The molecule has 4 aromatic rings. The average Bonchev–Trinajstić information content (AvgIpc) is 3.47. The van der Waals surface area contributed by atoms with E-state index in [1.807, 2.05) is 43.9 Å². The van der Waals surface area contributed by atoms with E-state index < -0.39 is 5.97 Å². The Balaban J connectivity index is 1.40. The Morgan fingerprint density at radius 2 is 1.72 bits per heavy atom. The van der Waals surface area contributed by atoms with Gasteiger partial charge in [0, 0.05) is 40.4 Å². The second-order valence-corrected chi connectivity index (χ2v) is 9.01. The summed E-state index contributed by atoms with van der Waals surface area (Å²) in [6.07, 6.45) is 3.02. The van der Waals surface area contributed by atoms with Crippen molar-refractivity contribution in [3.63, 3.8) is 0 Å². The van der Waals surface area contributed by atoms with Gasteiger partial charge in [0.2, 0.25) is 5.78 Å². The maximum atomic E-state index is 12.8. The molecule has 8 nitrogen and oxygen atoms in total. The number of aryl methyl sites for hydroxylation is 4. The molecule has 0 bridgehead atoms. The smallest absolute Gasteiger partial charge is 0.331 e. The van der Waals surface area contributed by atoms with E-state index in [0.717, 1.165) is 28.2 Å². The van der Waals surface area contributed by atoms with Crippen LogP contribution in [-0.4, -0.2) is 37.9 Å². The zero-order valence-electron chi connectivity index (χ0n) is 21.5. The van der Waals surface area contributed by atoms with Crippen molar-refractivity contribution in [1.29, 1.82) is 0 Å². The fourth-order valence-electron chi connectivity index (χ4n) is 4.24. The molecule has 0 saturated carbocycles. The van der Waals surface area contributed by atoms with Gasteiger partial charge in [-0.1, -0.05) is 35.0 Å². The summed E-state index contributed by atoms with van der Waals surface area (Å²) in [5.41, 5.74) is 7.01. The SMILES string of the molecule is Cc1ccc(Cn2nc(C)c(/C=C/C(=O)OCC(=O)c3cc(C)n(-c4cc(C)on4)c3C)c2C)cc1. The normalized spacial score (nSPS) is 11.4. The Morgan fingerprint density at radius 3 is 2.39 bits per heavy atom. The van der Waals surface area contributed by atoms with Crippen molar-refractivity contribution < 1.29 is 18.8 Å². The number of aromatic nitrogens is 4. The largest absolute Gasteiger partial charge is 0.454 e. The molecule has 3 aromatic heterocycles. The molecule has 186 valence electrons. The van der Waals surface area contributed by atoms with Gasteiger partial charge in [-0.05, 0) is 59.2 Å². The minimum absolute atomic E-state index is 0.283. The molecule has 36 heavy (non-hydrogen) atoms. The third-order valence-electron chi connectivity index (χ3n) is 6.20. The minimum Gasteiger partial charge on any atom is -0.454 e. The molecular weight excluding hydrogens is 456 g/mol. The standard InChI is InChI=1S/C28H30N4O4/c1-17-7-9-23(10-8-17)15-31-21(5)24(20(4)29-31)11-12-28(34)35-16-26(33)25-13-18(2)32(22(25)6)27-14-19(3)36-30-27/h7-14H,15-16H2,1-6H3/b12-11+. The molecule has 0 aliphatic heterocycles. The van der Waals surface area contributed by atoms with Gasteiger partial charge in [0.05, 0.1) is 12.2 Å². The Morgan fingerprint density at radius 1 is 1.00 bits per heavy atom. The number of hydrogen-bond donors (Lipinski definition) is 0. The molecule has 4 rings (SSSR count). The topological polar surface area (TPSA) is 92.2 Å². The van der Waals surface area contributed by atoms with Crippen LogP contribution in [0.4, 0.5) is 0 Å². The Bertz CT molecular complexity index is 1450. The predicted molar refractivity (Wildman–Crippen MR) is 136 cm³/mol. The van der Waals surface area contributed by atoms with Crippen LogP contribution in [-0.2, 0) is 16.1 Å². The molecule has 1 aromatic carbocycles. The zero-order chi connectivity index (χ0) is 26.0. The first-order valence-electron chi connectivity index (χ1n) is 11.7. The molecule has 0 atom stereocenters. The molecule has 0 amide bonds. The second-order valence-electron chi connectivity index (χ2n) is 9.01. The molecule has 0 aliphatic rings. The lowest BCUT2D eigenvalue weighted by Crippen LogP contribution is -2.13. The number of rotatable bonds is 8. The van der Waals surface area contributed by atoms with Crippen molar-refractivity contribution in [2.45, 2.75) is 48.1 Å². The number of ether oxygens (including phenoxy) is 1. The first kappa shape index (κ1) is 24.9. The number of carbonyl (C=O) groups excluding carboxylic acids is 2. The van der Waals surface area contributed by atoms with Crippen molar-refractivity contribution >= 4 is 17.8 Å². The summed E-state index contributed by atoms with van der Waals surface area (Å²) in [7, 11) is 0. The lowest BCUT2D eigenvalue weighted by molar-refractivity contribution is -0.136. The van der Waals surface area contributed by atoms with Crippen molar-refractivity contribution in [1.82, 2.24) is 19.5 Å². The molecule has 0 radical (unpaired) electrons. The number of benzene rings is 1. The highest BCUT2D eigenvalue weighted by atomic mass is 16.5. The average molecular weight is 487 g/mol. The van der Waals surface area contributed by atoms with Crippen molar-refractivity contribution in [2.24, 2.45) is 0 Å². The van der Waals surface area contributed by atoms with Gasteiger partial charge in [0.25, 0.3) is 0 Å². The molecule has 0 N–H and O–H groups in total. The van der Waals surface area contributed by atoms with E-state index in [4.69, 9.17) is 9.26 Å². The summed E-state index contributed by atoms with van der Waals surface area (Å²) in [5, 5.41) is 8.64. The van der Waals surface area contributed by atoms with Gasteiger partial charge in [0.15, 0.2) is 12.4 Å². The maximum Gasteiger partial charge on any atom is 0.331 e. The van der Waals surface area contributed by atoms with Gasteiger partial charge in [0.1, 0.15) is 5.76 Å². The highest BCUT2D eigenvalue weighted by Crippen LogP contribution is 2.21. The van der Waals surface area contributed by atoms with Crippen LogP contribution in [0.25, 0.3) is 11.9 Å². The number of hydrogen-bond acceptors (Lipinski definition) is 6. The molecule has 0 spiro atoms. The Kier molecular flexibility index (Phi) is 7.05. The van der Waals surface area contributed by atoms with Crippen molar-refractivity contribution in [2.75, 3.05) is 6.61 Å². The number of Topliss-reactive ketones (excluding diaryl/α,β-unsaturated/α-hetero) is 1. The van der Waals surface area contributed by atoms with E-state index in [1.165, 1.54) is 11.6 Å². The summed E-state index contributed by atoms with van der Waals surface area (Å²) in [6.45, 7) is 11.7. The number of nitrogens with zero attached hydrogens (tertiary/aromatic N) is 4. The molecule has 0 unspecified atom stereocenters. The van der Waals surface area contributed by atoms with E-state index in [9.17, 15) is 9.59 Å². The monoisotopic (exact) mass is 486 g/mol. The molecule has 8 heteroatoms. The molecular formula is C28H30N4O4. The van der Waals surface area contributed by atoms with E-state index in [1.54, 1.807) is 18.2 Å². The Labute approximate surface area is 210 Å². The maximum absolute atomic E-state index is 12.8. The van der Waals surface area contributed by atoms with Gasteiger partial charge < -0.3 is 9.26 Å². The van der Waals surface area contributed by atoms with Crippen LogP contribution < -0.4 is 0 Å². The van der Waals surface area contributed by atoms with Crippen LogP contribution in [0.2, 0.25) is 0 Å². The number of ketones is 1.